The Morgan fingerprint density at radius 2 is 2.10 bits per heavy atom. The normalized spacial score (nSPS) is 10.9. The summed E-state index contributed by atoms with van der Waals surface area (Å²) >= 11 is 0. The third kappa shape index (κ3) is 5.15. The number of hydrogen-bond acceptors (Lipinski definition) is 6. The van der Waals surface area contributed by atoms with Gasteiger partial charge in [0, 0.05) is 6.92 Å². The van der Waals surface area contributed by atoms with E-state index >= 15 is 0 Å². The molecule has 3 N–H and O–H groups in total. The van der Waals surface area contributed by atoms with Gasteiger partial charge in [0.05, 0.1) is 13.7 Å². The van der Waals surface area contributed by atoms with E-state index in [9.17, 15) is 14.7 Å². The van der Waals surface area contributed by atoms with Crippen LogP contribution in [0.5, 0.6) is 11.5 Å². The number of phenols is 1. The largest absolute Gasteiger partial charge is 0.504 e. The minimum absolute atomic E-state index is 0.0430. The Morgan fingerprint density at radius 1 is 1.38 bits per heavy atom. The van der Waals surface area contributed by atoms with Crippen molar-refractivity contribution in [2.24, 2.45) is 0 Å². The van der Waals surface area contributed by atoms with Gasteiger partial charge in [-0.1, -0.05) is 6.07 Å². The standard InChI is InChI=1S/C14H17NO6/c1-9(17)15-11(14(19)21-6-5-16)7-10-3-4-12(18)13(8-10)20-2/h3-4,7-8,16,18H,5-6H2,1-2H3,(H,15,17)/b11-7-. The molecule has 7 heteroatoms. The molecule has 7 nitrogen and oxygen atoms in total. The van der Waals surface area contributed by atoms with E-state index in [1.807, 2.05) is 0 Å². The van der Waals surface area contributed by atoms with E-state index in [2.05, 4.69) is 5.32 Å². The first-order chi connectivity index (χ1) is 9.97. The van der Waals surface area contributed by atoms with Gasteiger partial charge in [0.2, 0.25) is 5.91 Å². The topological polar surface area (TPSA) is 105 Å². The maximum atomic E-state index is 11.8. The van der Waals surface area contributed by atoms with Crippen LogP contribution in [0, 0.1) is 0 Å². The molecule has 0 atom stereocenters. The zero-order chi connectivity index (χ0) is 15.8. The first-order valence-corrected chi connectivity index (χ1v) is 6.12. The van der Waals surface area contributed by atoms with E-state index in [4.69, 9.17) is 14.6 Å². The summed E-state index contributed by atoms with van der Waals surface area (Å²) in [5.41, 5.74) is 0.443. The van der Waals surface area contributed by atoms with Crippen LogP contribution in [-0.2, 0) is 14.3 Å². The van der Waals surface area contributed by atoms with Crippen molar-refractivity contribution in [3.63, 3.8) is 0 Å². The average Bonchev–Trinajstić information content (AvgIpc) is 2.45. The molecule has 0 unspecified atom stereocenters. The third-order valence-corrected chi connectivity index (χ3v) is 2.37. The van der Waals surface area contributed by atoms with Crippen LogP contribution in [0.1, 0.15) is 12.5 Å². The minimum Gasteiger partial charge on any atom is -0.504 e. The maximum Gasteiger partial charge on any atom is 0.354 e. The Kier molecular flexibility index (Phi) is 6.22. The van der Waals surface area contributed by atoms with E-state index in [0.717, 1.165) is 0 Å². The fraction of sp³-hybridized carbons (Fsp3) is 0.286. The van der Waals surface area contributed by atoms with Crippen molar-refractivity contribution in [3.05, 3.63) is 29.5 Å². The summed E-state index contributed by atoms with van der Waals surface area (Å²) in [4.78, 5) is 22.9. The predicted molar refractivity (Wildman–Crippen MR) is 74.5 cm³/mol. The lowest BCUT2D eigenvalue weighted by molar-refractivity contribution is -0.141. The van der Waals surface area contributed by atoms with Gasteiger partial charge in [-0.3, -0.25) is 4.79 Å². The number of ether oxygens (including phenoxy) is 2. The number of nitrogens with one attached hydrogen (secondary N) is 1. The lowest BCUT2D eigenvalue weighted by Gasteiger charge is -2.09. The second-order valence-electron chi connectivity index (χ2n) is 4.03. The monoisotopic (exact) mass is 295 g/mol. The van der Waals surface area contributed by atoms with Gasteiger partial charge in [-0.05, 0) is 23.8 Å². The second-order valence-corrected chi connectivity index (χ2v) is 4.03. The minimum atomic E-state index is -0.772. The predicted octanol–water partition coefficient (Wildman–Crippen LogP) is 0.413. The highest BCUT2D eigenvalue weighted by molar-refractivity contribution is 5.97. The smallest absolute Gasteiger partial charge is 0.354 e. The Labute approximate surface area is 121 Å². The molecule has 1 rings (SSSR count). The van der Waals surface area contributed by atoms with Gasteiger partial charge in [0.15, 0.2) is 11.5 Å². The number of methoxy groups -OCH3 is 1. The van der Waals surface area contributed by atoms with Gasteiger partial charge < -0.3 is 25.0 Å². The molecule has 0 bridgehead atoms. The molecule has 0 spiro atoms. The fourth-order valence-corrected chi connectivity index (χ4v) is 1.50. The molecule has 1 aromatic rings. The van der Waals surface area contributed by atoms with Crippen molar-refractivity contribution in [2.45, 2.75) is 6.92 Å². The molecule has 0 aliphatic rings. The summed E-state index contributed by atoms with van der Waals surface area (Å²) in [6.45, 7) is 0.769. The van der Waals surface area contributed by atoms with E-state index in [0.29, 0.717) is 5.56 Å². The first kappa shape index (κ1) is 16.5. The van der Waals surface area contributed by atoms with Crippen LogP contribution >= 0.6 is 0 Å². The van der Waals surface area contributed by atoms with Gasteiger partial charge in [0.1, 0.15) is 12.3 Å². The second kappa shape index (κ2) is 7.91. The highest BCUT2D eigenvalue weighted by atomic mass is 16.5. The molecule has 1 amide bonds. The number of aliphatic hydroxyl groups is 1. The number of phenolic OH excluding ortho intramolecular Hbond substituents is 1. The van der Waals surface area contributed by atoms with Crippen molar-refractivity contribution >= 4 is 18.0 Å². The SMILES string of the molecule is COc1cc(/C=C(\NC(C)=O)C(=O)OCCO)ccc1O. The molecule has 0 saturated heterocycles. The number of hydrogen-bond donors (Lipinski definition) is 3. The van der Waals surface area contributed by atoms with Gasteiger partial charge >= 0.3 is 5.97 Å². The van der Waals surface area contributed by atoms with Crippen LogP contribution in [0.25, 0.3) is 6.08 Å². The molecule has 0 fully saturated rings. The van der Waals surface area contributed by atoms with Crippen LogP contribution in [-0.4, -0.2) is 42.4 Å². The number of aliphatic hydroxyl groups excluding tert-OH is 1. The number of esters is 1. The fourth-order valence-electron chi connectivity index (χ4n) is 1.50. The summed E-state index contributed by atoms with van der Waals surface area (Å²) < 4.78 is 9.71. The van der Waals surface area contributed by atoms with Gasteiger partial charge in [-0.2, -0.15) is 0 Å². The molecule has 21 heavy (non-hydrogen) atoms. The molecule has 0 saturated carbocycles. The van der Waals surface area contributed by atoms with Gasteiger partial charge in [-0.25, -0.2) is 4.79 Å². The van der Waals surface area contributed by atoms with E-state index < -0.39 is 11.9 Å². The first-order valence-electron chi connectivity index (χ1n) is 6.12. The summed E-state index contributed by atoms with van der Waals surface area (Å²) in [5.74, 6) is -1.02. The zero-order valence-electron chi connectivity index (χ0n) is 11.8. The maximum absolute atomic E-state index is 11.8. The quantitative estimate of drug-likeness (QED) is 0.518. The third-order valence-electron chi connectivity index (χ3n) is 2.37. The molecule has 0 heterocycles. The van der Waals surface area contributed by atoms with Crippen molar-refractivity contribution in [1.29, 1.82) is 0 Å². The molecule has 1 aromatic carbocycles. The van der Waals surface area contributed by atoms with Gasteiger partial charge in [0.25, 0.3) is 0 Å². The molecule has 0 aliphatic carbocycles. The highest BCUT2D eigenvalue weighted by Gasteiger charge is 2.13. The highest BCUT2D eigenvalue weighted by Crippen LogP contribution is 2.27. The zero-order valence-corrected chi connectivity index (χ0v) is 11.8. The summed E-state index contributed by atoms with van der Waals surface area (Å²) in [5, 5.41) is 20.5. The van der Waals surface area contributed by atoms with Crippen molar-refractivity contribution in [2.75, 3.05) is 20.3 Å². The Bertz CT molecular complexity index is 552. The summed E-state index contributed by atoms with van der Waals surface area (Å²) in [7, 11) is 1.40. The van der Waals surface area contributed by atoms with Crippen LogP contribution in [0.15, 0.2) is 23.9 Å². The van der Waals surface area contributed by atoms with E-state index in [-0.39, 0.29) is 30.4 Å². The number of aromatic hydroxyl groups is 1. The number of rotatable bonds is 6. The molecular weight excluding hydrogens is 278 g/mol. The summed E-state index contributed by atoms with van der Waals surface area (Å²) in [6.07, 6.45) is 1.38. The lowest BCUT2D eigenvalue weighted by Crippen LogP contribution is -2.26. The number of carbonyl (C=O) groups is 2. The Balaban J connectivity index is 3.06. The Hall–Kier alpha value is -2.54. The van der Waals surface area contributed by atoms with Crippen molar-refractivity contribution in [1.82, 2.24) is 5.32 Å². The van der Waals surface area contributed by atoms with E-state index in [1.165, 1.54) is 32.2 Å². The van der Waals surface area contributed by atoms with Crippen LogP contribution in [0.4, 0.5) is 0 Å². The lowest BCUT2D eigenvalue weighted by atomic mass is 10.1. The van der Waals surface area contributed by atoms with Crippen LogP contribution in [0.3, 0.4) is 0 Å². The van der Waals surface area contributed by atoms with E-state index in [1.54, 1.807) is 6.07 Å². The number of benzene rings is 1. The molecule has 0 aromatic heterocycles. The Morgan fingerprint density at radius 3 is 2.67 bits per heavy atom. The van der Waals surface area contributed by atoms with Gasteiger partial charge in [-0.15, -0.1) is 0 Å². The van der Waals surface area contributed by atoms with Crippen molar-refractivity contribution in [3.8, 4) is 11.5 Å². The number of amides is 1. The summed E-state index contributed by atoms with van der Waals surface area (Å²) in [6, 6.07) is 4.44. The molecule has 0 aliphatic heterocycles. The van der Waals surface area contributed by atoms with Crippen LogP contribution < -0.4 is 10.1 Å². The molecule has 114 valence electrons. The number of carbonyl (C=O) groups excluding carboxylic acids is 2. The van der Waals surface area contributed by atoms with Crippen molar-refractivity contribution < 1.29 is 29.3 Å². The van der Waals surface area contributed by atoms with Crippen LogP contribution in [0.2, 0.25) is 0 Å². The molecular formula is C14H17NO6. The average molecular weight is 295 g/mol. The molecule has 0 radical (unpaired) electrons.